The van der Waals surface area contributed by atoms with Crippen LogP contribution in [-0.4, -0.2) is 19.1 Å². The van der Waals surface area contributed by atoms with Gasteiger partial charge in [0.15, 0.2) is 15.9 Å². The van der Waals surface area contributed by atoms with Gasteiger partial charge in [0.05, 0.1) is 0 Å². The van der Waals surface area contributed by atoms with Crippen LogP contribution in [0, 0.1) is 0 Å². The second-order valence-corrected chi connectivity index (χ2v) is 5.88. The Morgan fingerprint density at radius 2 is 1.78 bits per heavy atom. The number of aromatic nitrogens is 4. The second-order valence-electron chi connectivity index (χ2n) is 5.13. The number of imidazole rings is 1. The first-order valence-electron chi connectivity index (χ1n) is 6.94. The van der Waals surface area contributed by atoms with Crippen LogP contribution >= 0.6 is 15.9 Å². The Balaban J connectivity index is 0.000000185. The third kappa shape index (κ3) is 3.59. The molecule has 0 saturated heterocycles. The monoisotopic (exact) mass is 379 g/mol. The lowest BCUT2D eigenvalue weighted by atomic mass is 10.1. The summed E-state index contributed by atoms with van der Waals surface area (Å²) in [6.07, 6.45) is 0. The fraction of sp³-hybridized carbons (Fsp3) is 0.267. The minimum atomic E-state index is -0.387. The molecule has 0 fully saturated rings. The van der Waals surface area contributed by atoms with Crippen molar-refractivity contribution in [2.24, 2.45) is 19.8 Å². The van der Waals surface area contributed by atoms with E-state index in [2.05, 4.69) is 25.9 Å². The molecule has 0 spiro atoms. The molecule has 1 unspecified atom stereocenters. The summed E-state index contributed by atoms with van der Waals surface area (Å²) in [5, 5.41) is 0. The summed E-state index contributed by atoms with van der Waals surface area (Å²) < 4.78 is 2.79. The van der Waals surface area contributed by atoms with Crippen LogP contribution in [0.25, 0.3) is 11.2 Å². The Morgan fingerprint density at radius 3 is 2.30 bits per heavy atom. The molecule has 0 amide bonds. The van der Waals surface area contributed by atoms with Gasteiger partial charge in [0.1, 0.15) is 0 Å². The molecule has 7 nitrogen and oxygen atoms in total. The van der Waals surface area contributed by atoms with Gasteiger partial charge in [-0.05, 0) is 28.4 Å². The molecular weight excluding hydrogens is 362 g/mol. The minimum Gasteiger partial charge on any atom is -0.327 e. The van der Waals surface area contributed by atoms with Gasteiger partial charge in [-0.3, -0.25) is 13.9 Å². The number of rotatable bonds is 1. The Hall–Kier alpha value is -2.19. The molecule has 2 heterocycles. The van der Waals surface area contributed by atoms with Crippen molar-refractivity contribution in [2.75, 3.05) is 0 Å². The van der Waals surface area contributed by atoms with E-state index in [1.807, 2.05) is 37.3 Å². The van der Waals surface area contributed by atoms with Crippen LogP contribution in [0.3, 0.4) is 0 Å². The van der Waals surface area contributed by atoms with Gasteiger partial charge >= 0.3 is 5.69 Å². The smallest absolute Gasteiger partial charge is 0.327 e. The molecular formula is C15H18BrN5O2. The molecule has 3 N–H and O–H groups in total. The molecule has 0 aliphatic rings. The predicted molar refractivity (Wildman–Crippen MR) is 93.3 cm³/mol. The number of aromatic amines is 1. The summed E-state index contributed by atoms with van der Waals surface area (Å²) >= 11 is 3.11. The lowest BCUT2D eigenvalue weighted by Crippen LogP contribution is -2.36. The van der Waals surface area contributed by atoms with Crippen molar-refractivity contribution < 1.29 is 0 Å². The average molecular weight is 380 g/mol. The van der Waals surface area contributed by atoms with Gasteiger partial charge in [-0.2, -0.15) is 0 Å². The summed E-state index contributed by atoms with van der Waals surface area (Å²) in [5.74, 6) is 0. The number of hydrogen-bond acceptors (Lipinski definition) is 4. The van der Waals surface area contributed by atoms with E-state index in [4.69, 9.17) is 5.73 Å². The molecule has 3 rings (SSSR count). The largest absolute Gasteiger partial charge is 0.332 e. The first kappa shape index (κ1) is 17.2. The van der Waals surface area contributed by atoms with Crippen molar-refractivity contribution >= 4 is 27.1 Å². The van der Waals surface area contributed by atoms with Gasteiger partial charge in [0, 0.05) is 20.1 Å². The molecule has 122 valence electrons. The van der Waals surface area contributed by atoms with E-state index in [-0.39, 0.29) is 17.3 Å². The molecule has 1 aromatic carbocycles. The zero-order valence-corrected chi connectivity index (χ0v) is 14.7. The van der Waals surface area contributed by atoms with Gasteiger partial charge in [-0.1, -0.05) is 30.3 Å². The van der Waals surface area contributed by atoms with E-state index in [9.17, 15) is 9.59 Å². The topological polar surface area (TPSA) is 98.7 Å². The van der Waals surface area contributed by atoms with Crippen molar-refractivity contribution in [3.05, 3.63) is 61.5 Å². The molecule has 0 saturated carbocycles. The minimum absolute atomic E-state index is 0.159. The van der Waals surface area contributed by atoms with E-state index in [0.717, 1.165) is 4.57 Å². The molecule has 8 heteroatoms. The van der Waals surface area contributed by atoms with Crippen molar-refractivity contribution in [1.29, 1.82) is 0 Å². The lowest BCUT2D eigenvalue weighted by Gasteiger charge is -2.02. The van der Waals surface area contributed by atoms with E-state index >= 15 is 0 Å². The molecule has 3 aromatic rings. The summed E-state index contributed by atoms with van der Waals surface area (Å²) in [5.41, 5.74) is 6.72. The number of nitrogens with one attached hydrogen (secondary N) is 1. The van der Waals surface area contributed by atoms with Gasteiger partial charge in [0.2, 0.25) is 0 Å². The second kappa shape index (κ2) is 6.93. The molecule has 2 aromatic heterocycles. The highest BCUT2D eigenvalue weighted by Gasteiger charge is 2.11. The van der Waals surface area contributed by atoms with Crippen LogP contribution in [0.1, 0.15) is 18.5 Å². The Bertz CT molecular complexity index is 925. The van der Waals surface area contributed by atoms with E-state index in [0.29, 0.717) is 15.9 Å². The number of benzene rings is 1. The number of hydrogen-bond donors (Lipinski definition) is 2. The number of H-pyrrole nitrogens is 1. The highest BCUT2D eigenvalue weighted by atomic mass is 79.9. The SMILES string of the molecule is CC(N)c1ccccc1.Cn1c(=O)c2[nH]c(Br)nc2n(C)c1=O. The van der Waals surface area contributed by atoms with Gasteiger partial charge in [0.25, 0.3) is 5.56 Å². The highest BCUT2D eigenvalue weighted by molar-refractivity contribution is 9.10. The van der Waals surface area contributed by atoms with Crippen molar-refractivity contribution in [3.8, 4) is 0 Å². The number of nitrogens with zero attached hydrogens (tertiary/aromatic N) is 3. The summed E-state index contributed by atoms with van der Waals surface area (Å²) in [7, 11) is 3.00. The number of fused-ring (bicyclic) bond motifs is 1. The van der Waals surface area contributed by atoms with Crippen LogP contribution in [0.15, 0.2) is 44.7 Å². The fourth-order valence-corrected chi connectivity index (χ4v) is 2.42. The van der Waals surface area contributed by atoms with Gasteiger partial charge < -0.3 is 10.7 Å². The standard InChI is InChI=1S/C8H11N.C7H7BrN4O2/c1-7(9)8-5-3-2-4-6-8;1-11-4-3(9-6(8)10-4)5(13)12(2)7(11)14/h2-7H,9H2,1H3;1-2H3,(H,9,10). The van der Waals surface area contributed by atoms with Crippen LogP contribution in [0.2, 0.25) is 0 Å². The third-order valence-electron chi connectivity index (χ3n) is 3.39. The Labute approximate surface area is 140 Å². The summed E-state index contributed by atoms with van der Waals surface area (Å²) in [6, 6.07) is 10.2. The molecule has 1 atom stereocenters. The maximum Gasteiger partial charge on any atom is 0.332 e. The summed E-state index contributed by atoms with van der Waals surface area (Å²) in [6.45, 7) is 1.98. The highest BCUT2D eigenvalue weighted by Crippen LogP contribution is 2.08. The zero-order valence-electron chi connectivity index (χ0n) is 13.1. The van der Waals surface area contributed by atoms with Crippen LogP contribution in [0.5, 0.6) is 0 Å². The predicted octanol–water partition coefficient (Wildman–Crippen LogP) is 1.43. The first-order valence-corrected chi connectivity index (χ1v) is 7.74. The normalized spacial score (nSPS) is 11.9. The Kier molecular flexibility index (Phi) is 5.17. The van der Waals surface area contributed by atoms with Crippen molar-refractivity contribution in [2.45, 2.75) is 13.0 Å². The maximum absolute atomic E-state index is 11.6. The van der Waals surface area contributed by atoms with Crippen LogP contribution in [-0.2, 0) is 14.1 Å². The summed E-state index contributed by atoms with van der Waals surface area (Å²) in [4.78, 5) is 29.8. The van der Waals surface area contributed by atoms with Crippen LogP contribution < -0.4 is 17.0 Å². The zero-order chi connectivity index (χ0) is 17.1. The van der Waals surface area contributed by atoms with Gasteiger partial charge in [-0.25, -0.2) is 9.78 Å². The average Bonchev–Trinajstić information content (AvgIpc) is 2.94. The maximum atomic E-state index is 11.6. The van der Waals surface area contributed by atoms with Gasteiger partial charge in [-0.15, -0.1) is 0 Å². The van der Waals surface area contributed by atoms with E-state index in [1.54, 1.807) is 7.05 Å². The number of aryl methyl sites for hydroxylation is 1. The number of nitrogens with two attached hydrogens (primary N) is 1. The molecule has 0 aliphatic carbocycles. The van der Waals surface area contributed by atoms with E-state index in [1.165, 1.54) is 17.2 Å². The Morgan fingerprint density at radius 1 is 1.17 bits per heavy atom. The number of halogens is 1. The van der Waals surface area contributed by atoms with Crippen LogP contribution in [0.4, 0.5) is 0 Å². The lowest BCUT2D eigenvalue weighted by molar-refractivity contribution is 0.708. The third-order valence-corrected chi connectivity index (χ3v) is 3.77. The van der Waals surface area contributed by atoms with E-state index < -0.39 is 0 Å². The van der Waals surface area contributed by atoms with Crippen molar-refractivity contribution in [3.63, 3.8) is 0 Å². The fourth-order valence-electron chi connectivity index (χ4n) is 2.05. The molecule has 0 aliphatic heterocycles. The molecule has 0 radical (unpaired) electrons. The van der Waals surface area contributed by atoms with Crippen molar-refractivity contribution in [1.82, 2.24) is 19.1 Å². The molecule has 0 bridgehead atoms. The quantitative estimate of drug-likeness (QED) is 0.624. The molecule has 23 heavy (non-hydrogen) atoms. The first-order chi connectivity index (χ1) is 10.8.